The minimum absolute atomic E-state index is 0.230. The summed E-state index contributed by atoms with van der Waals surface area (Å²) in [7, 11) is 0. The van der Waals surface area contributed by atoms with Crippen molar-refractivity contribution in [3.63, 3.8) is 0 Å². The minimum Gasteiger partial charge on any atom is -0.455 e. The number of furan rings is 1. The molecule has 0 spiro atoms. The Morgan fingerprint density at radius 1 is 0.583 bits per heavy atom. The zero-order valence-electron chi connectivity index (χ0n) is 31.7. The highest BCUT2D eigenvalue weighted by molar-refractivity contribution is 6.15. The van der Waals surface area contributed by atoms with E-state index in [1.807, 2.05) is 60.7 Å². The predicted molar refractivity (Wildman–Crippen MR) is 197 cm³/mol. The van der Waals surface area contributed by atoms with E-state index in [0.29, 0.717) is 39.5 Å². The van der Waals surface area contributed by atoms with Gasteiger partial charge in [-0.1, -0.05) is 126 Å². The van der Waals surface area contributed by atoms with E-state index in [9.17, 15) is 0 Å². The van der Waals surface area contributed by atoms with Gasteiger partial charge in [0.2, 0.25) is 0 Å². The Morgan fingerprint density at radius 2 is 1.29 bits per heavy atom. The molecule has 0 N–H and O–H groups in total. The molecule has 0 aliphatic heterocycles. The molecule has 0 amide bonds. The zero-order valence-corrected chi connectivity index (χ0v) is 25.7. The van der Waals surface area contributed by atoms with Crippen molar-refractivity contribution in [3.8, 4) is 50.7 Å². The average Bonchev–Trinajstić information content (AvgIpc) is 3.76. The van der Waals surface area contributed by atoms with Crippen molar-refractivity contribution in [1.82, 2.24) is 14.5 Å². The van der Waals surface area contributed by atoms with Crippen LogP contribution < -0.4 is 0 Å². The molecular formula is C44H31N3O. The van der Waals surface area contributed by atoms with Crippen molar-refractivity contribution in [1.29, 1.82) is 0 Å². The van der Waals surface area contributed by atoms with Gasteiger partial charge in [-0.15, -0.1) is 0 Å². The molecule has 4 heteroatoms. The van der Waals surface area contributed by atoms with Crippen molar-refractivity contribution in [2.75, 3.05) is 0 Å². The second-order valence-electron chi connectivity index (χ2n) is 11.8. The molecule has 3 heterocycles. The fraction of sp³-hybridized carbons (Fsp3) is 0.0455. The molecule has 0 atom stereocenters. The van der Waals surface area contributed by atoms with Crippen molar-refractivity contribution in [3.05, 3.63) is 163 Å². The van der Waals surface area contributed by atoms with Gasteiger partial charge in [0.15, 0.2) is 0 Å². The van der Waals surface area contributed by atoms with Gasteiger partial charge in [-0.25, -0.2) is 9.97 Å². The van der Waals surface area contributed by atoms with E-state index >= 15 is 0 Å². The smallest absolute Gasteiger partial charge is 0.149 e. The second kappa shape index (κ2) is 11.2. The Morgan fingerprint density at radius 3 is 2.08 bits per heavy atom. The fourth-order valence-electron chi connectivity index (χ4n) is 6.54. The predicted octanol–water partition coefficient (Wildman–Crippen LogP) is 11.6. The standard InChI is InChI=1S/C44H31N3O/c1-28-18-22-31(23-19-28)38-27-40-41(42(45-38)32-24-20-29(2)21-25-32)35-14-9-15-36(43(35)48-40)44-46-37-16-6-7-17-39(37)47(44)34-13-8-12-33(26-34)30-10-4-3-5-11-30/h3-27H,1-2H3/i1D3,2D3. The lowest BCUT2D eigenvalue weighted by Gasteiger charge is -2.12. The first-order valence-corrected chi connectivity index (χ1v) is 15.7. The fourth-order valence-corrected chi connectivity index (χ4v) is 6.54. The summed E-state index contributed by atoms with van der Waals surface area (Å²) in [5, 5.41) is 1.59. The number of hydrogen-bond donors (Lipinski definition) is 0. The number of aryl methyl sites for hydroxylation is 2. The van der Waals surface area contributed by atoms with Gasteiger partial charge in [0.25, 0.3) is 0 Å². The topological polar surface area (TPSA) is 43.9 Å². The average molecular weight is 624 g/mol. The van der Waals surface area contributed by atoms with E-state index in [1.54, 1.807) is 48.5 Å². The summed E-state index contributed by atoms with van der Waals surface area (Å²) < 4.78 is 56.2. The quantitative estimate of drug-likeness (QED) is 0.192. The maximum absolute atomic E-state index is 7.91. The van der Waals surface area contributed by atoms with Gasteiger partial charge in [0.1, 0.15) is 17.0 Å². The number of imidazole rings is 1. The largest absolute Gasteiger partial charge is 0.455 e. The van der Waals surface area contributed by atoms with Crippen molar-refractivity contribution < 1.29 is 12.6 Å². The molecule has 0 unspecified atom stereocenters. The van der Waals surface area contributed by atoms with Gasteiger partial charge in [-0.3, -0.25) is 4.57 Å². The van der Waals surface area contributed by atoms with E-state index in [2.05, 4.69) is 47.0 Å². The number of benzene rings is 6. The first kappa shape index (κ1) is 22.3. The van der Waals surface area contributed by atoms with Crippen LogP contribution in [0.3, 0.4) is 0 Å². The summed E-state index contributed by atoms with van der Waals surface area (Å²) >= 11 is 0. The highest BCUT2D eigenvalue weighted by Crippen LogP contribution is 2.42. The lowest BCUT2D eigenvalue weighted by atomic mass is 10.0. The van der Waals surface area contributed by atoms with Gasteiger partial charge >= 0.3 is 0 Å². The van der Waals surface area contributed by atoms with Crippen LogP contribution in [0.25, 0.3) is 83.7 Å². The summed E-state index contributed by atoms with van der Waals surface area (Å²) in [6.07, 6.45) is 0. The molecule has 9 aromatic rings. The molecule has 0 saturated carbocycles. The van der Waals surface area contributed by atoms with Gasteiger partial charge in [-0.05, 0) is 55.2 Å². The van der Waals surface area contributed by atoms with Gasteiger partial charge < -0.3 is 4.42 Å². The summed E-state index contributed by atoms with van der Waals surface area (Å²) in [5.74, 6) is 0.711. The van der Waals surface area contributed by atoms with Crippen LogP contribution in [0.5, 0.6) is 0 Å². The van der Waals surface area contributed by atoms with Gasteiger partial charge in [0, 0.05) is 36.5 Å². The Balaban J connectivity index is 1.28. The van der Waals surface area contributed by atoms with Crippen LogP contribution >= 0.6 is 0 Å². The number of pyridine rings is 1. The van der Waals surface area contributed by atoms with E-state index in [4.69, 9.17) is 22.6 Å². The zero-order chi connectivity index (χ0) is 37.2. The molecule has 0 bridgehead atoms. The molecule has 0 saturated heterocycles. The third kappa shape index (κ3) is 4.69. The van der Waals surface area contributed by atoms with Gasteiger partial charge in [-0.2, -0.15) is 0 Å². The number of hydrogen-bond acceptors (Lipinski definition) is 3. The lowest BCUT2D eigenvalue weighted by molar-refractivity contribution is 0.669. The van der Waals surface area contributed by atoms with E-state index < -0.39 is 13.7 Å². The monoisotopic (exact) mass is 623 g/mol. The Kier molecular flexibility index (Phi) is 5.21. The summed E-state index contributed by atoms with van der Waals surface area (Å²) in [6.45, 7) is -4.49. The molecule has 3 aromatic heterocycles. The number of aromatic nitrogens is 3. The van der Waals surface area contributed by atoms with Crippen LogP contribution in [0.2, 0.25) is 0 Å². The minimum atomic E-state index is -2.25. The molecule has 228 valence electrons. The molecule has 0 radical (unpaired) electrons. The number of rotatable bonds is 5. The molecule has 0 aliphatic carbocycles. The van der Waals surface area contributed by atoms with E-state index in [0.717, 1.165) is 44.2 Å². The summed E-state index contributed by atoms with van der Waals surface area (Å²) in [4.78, 5) is 10.3. The molecule has 0 aliphatic rings. The van der Waals surface area contributed by atoms with Crippen molar-refractivity contribution in [2.45, 2.75) is 13.7 Å². The molecule has 4 nitrogen and oxygen atoms in total. The lowest BCUT2D eigenvalue weighted by Crippen LogP contribution is -1.98. The van der Waals surface area contributed by atoms with Crippen molar-refractivity contribution in [2.24, 2.45) is 0 Å². The SMILES string of the molecule is [2H]C([2H])([2H])c1ccc(-c2cc3oc4c(-c5nc6ccccc6n5-c5cccc(-c6ccccc6)c5)cccc4c3c(-c3ccc(C([2H])([2H])[2H])cc3)n2)cc1. The van der Waals surface area contributed by atoms with Crippen LogP contribution in [0.15, 0.2) is 156 Å². The summed E-state index contributed by atoms with van der Waals surface area (Å²) in [6, 6.07) is 48.0. The van der Waals surface area contributed by atoms with E-state index in [1.165, 1.54) is 0 Å². The molecule has 48 heavy (non-hydrogen) atoms. The van der Waals surface area contributed by atoms with Crippen LogP contribution in [-0.2, 0) is 0 Å². The highest BCUT2D eigenvalue weighted by Gasteiger charge is 2.22. The molecule has 0 fully saturated rings. The van der Waals surface area contributed by atoms with Gasteiger partial charge in [0.05, 0.1) is 33.4 Å². The van der Waals surface area contributed by atoms with Crippen LogP contribution in [0.4, 0.5) is 0 Å². The number of para-hydroxylation sites is 3. The maximum atomic E-state index is 7.91. The number of fused-ring (bicyclic) bond motifs is 4. The van der Waals surface area contributed by atoms with Crippen LogP contribution in [0, 0.1) is 13.7 Å². The molecule has 9 rings (SSSR count). The maximum Gasteiger partial charge on any atom is 0.149 e. The first-order chi connectivity index (χ1) is 26.0. The Bertz CT molecular complexity index is 2840. The molecule has 6 aromatic carbocycles. The third-order valence-corrected chi connectivity index (χ3v) is 8.83. The Hall–Kier alpha value is -6.26. The normalized spacial score (nSPS) is 13.9. The van der Waals surface area contributed by atoms with Crippen LogP contribution in [0.1, 0.15) is 19.4 Å². The highest BCUT2D eigenvalue weighted by atomic mass is 16.3. The van der Waals surface area contributed by atoms with Crippen LogP contribution in [-0.4, -0.2) is 14.5 Å². The Labute approximate surface area is 287 Å². The summed E-state index contributed by atoms with van der Waals surface area (Å²) in [5.41, 5.74) is 10.0. The van der Waals surface area contributed by atoms with E-state index in [-0.39, 0.29) is 11.1 Å². The molecular weight excluding hydrogens is 587 g/mol. The third-order valence-electron chi connectivity index (χ3n) is 8.83. The first-order valence-electron chi connectivity index (χ1n) is 18.7. The second-order valence-corrected chi connectivity index (χ2v) is 11.8. The van der Waals surface area contributed by atoms with Crippen molar-refractivity contribution >= 4 is 33.0 Å². The number of nitrogens with zero attached hydrogens (tertiary/aromatic N) is 3.